The van der Waals surface area contributed by atoms with Crippen LogP contribution in [0.4, 0.5) is 5.95 Å². The third kappa shape index (κ3) is 3.49. The van der Waals surface area contributed by atoms with Gasteiger partial charge in [0, 0.05) is 39.8 Å². The van der Waals surface area contributed by atoms with Crippen molar-refractivity contribution in [2.75, 3.05) is 44.2 Å². The number of anilines is 1. The van der Waals surface area contributed by atoms with Crippen molar-refractivity contribution in [1.82, 2.24) is 24.0 Å². The van der Waals surface area contributed by atoms with E-state index in [1.165, 1.54) is 4.57 Å². The van der Waals surface area contributed by atoms with Gasteiger partial charge in [-0.15, -0.1) is 0 Å². The van der Waals surface area contributed by atoms with Crippen LogP contribution in [0, 0.1) is 0 Å². The number of hydrogen-bond acceptors (Lipinski definition) is 6. The van der Waals surface area contributed by atoms with E-state index in [4.69, 9.17) is 4.98 Å². The molecule has 9 nitrogen and oxygen atoms in total. The summed E-state index contributed by atoms with van der Waals surface area (Å²) in [5, 5.41) is 11.5. The first-order valence-corrected chi connectivity index (χ1v) is 10.8. The lowest BCUT2D eigenvalue weighted by atomic mass is 10.0. The number of nitrogens with zero attached hydrogens (tertiary/aromatic N) is 5. The lowest BCUT2D eigenvalue weighted by Gasteiger charge is -2.35. The van der Waals surface area contributed by atoms with E-state index >= 15 is 0 Å². The summed E-state index contributed by atoms with van der Waals surface area (Å²) in [6, 6.07) is 14.3. The number of aromatic nitrogens is 4. The average Bonchev–Trinajstić information content (AvgIpc) is 3.18. The number of aliphatic hydroxyl groups excluding tert-OH is 1. The number of aliphatic hydroxyl groups is 1. The molecule has 0 saturated carbocycles. The van der Waals surface area contributed by atoms with Crippen LogP contribution in [0.5, 0.6) is 0 Å². The summed E-state index contributed by atoms with van der Waals surface area (Å²) in [6.07, 6.45) is 0. The van der Waals surface area contributed by atoms with Gasteiger partial charge in [-0.3, -0.25) is 23.8 Å². The van der Waals surface area contributed by atoms with Gasteiger partial charge in [-0.2, -0.15) is 4.98 Å². The third-order valence-electron chi connectivity index (χ3n) is 6.27. The fourth-order valence-corrected chi connectivity index (χ4v) is 4.53. The zero-order chi connectivity index (χ0) is 22.2. The van der Waals surface area contributed by atoms with Gasteiger partial charge in [-0.25, -0.2) is 4.79 Å². The molecule has 0 radical (unpaired) electrons. The van der Waals surface area contributed by atoms with E-state index in [-0.39, 0.29) is 6.61 Å². The fourth-order valence-electron chi connectivity index (χ4n) is 4.53. The van der Waals surface area contributed by atoms with Crippen molar-refractivity contribution in [2.45, 2.75) is 6.54 Å². The molecule has 0 atom stereocenters. The number of imidazole rings is 1. The normalized spacial score (nSPS) is 15.1. The fraction of sp³-hybridized carbons (Fsp3) is 0.348. The Labute approximate surface area is 184 Å². The molecule has 0 aliphatic carbocycles. The Morgan fingerprint density at radius 3 is 2.56 bits per heavy atom. The summed E-state index contributed by atoms with van der Waals surface area (Å²) in [5.74, 6) is 0.684. The van der Waals surface area contributed by atoms with Crippen LogP contribution in [0.25, 0.3) is 21.9 Å². The van der Waals surface area contributed by atoms with Crippen molar-refractivity contribution in [3.05, 3.63) is 68.9 Å². The van der Waals surface area contributed by atoms with Crippen LogP contribution in [0.1, 0.15) is 5.56 Å². The summed E-state index contributed by atoms with van der Waals surface area (Å²) in [5.41, 5.74) is 0.952. The molecule has 2 aromatic carbocycles. The largest absolute Gasteiger partial charge is 0.395 e. The Kier molecular flexibility index (Phi) is 5.28. The number of nitrogens with one attached hydrogen (secondary N) is 1. The number of hydrogen-bond donors (Lipinski definition) is 2. The van der Waals surface area contributed by atoms with Crippen molar-refractivity contribution in [1.29, 1.82) is 0 Å². The Bertz CT molecular complexity index is 1390. The molecule has 166 valence electrons. The summed E-state index contributed by atoms with van der Waals surface area (Å²) in [7, 11) is 1.62. The molecule has 0 amide bonds. The SMILES string of the molecule is Cn1c(=O)[nH]c(=O)c2c1nc(N1CCN(CCO)CC1)n2Cc1cccc2ccccc12. The second-order valence-corrected chi connectivity index (χ2v) is 8.18. The van der Waals surface area contributed by atoms with Gasteiger partial charge in [0.15, 0.2) is 11.2 Å². The van der Waals surface area contributed by atoms with E-state index in [1.807, 2.05) is 22.8 Å². The molecule has 1 aliphatic rings. The highest BCUT2D eigenvalue weighted by Crippen LogP contribution is 2.25. The van der Waals surface area contributed by atoms with Gasteiger partial charge in [0.1, 0.15) is 0 Å². The number of β-amino-alcohol motifs (C(OH)–C–C–N with tert-alkyl or cyclic N) is 1. The quantitative estimate of drug-likeness (QED) is 0.481. The second kappa shape index (κ2) is 8.25. The average molecular weight is 435 g/mol. The number of rotatable bonds is 5. The zero-order valence-electron chi connectivity index (χ0n) is 18.0. The topological polar surface area (TPSA) is 99.4 Å². The second-order valence-electron chi connectivity index (χ2n) is 8.18. The minimum absolute atomic E-state index is 0.136. The number of piperazine rings is 1. The van der Waals surface area contributed by atoms with E-state index in [0.717, 1.165) is 42.5 Å². The maximum absolute atomic E-state index is 12.9. The van der Waals surface area contributed by atoms with E-state index < -0.39 is 11.2 Å². The maximum Gasteiger partial charge on any atom is 0.329 e. The predicted octanol–water partition coefficient (Wildman–Crippen LogP) is 0.739. The highest BCUT2D eigenvalue weighted by atomic mass is 16.3. The number of fused-ring (bicyclic) bond motifs is 2. The smallest absolute Gasteiger partial charge is 0.329 e. The van der Waals surface area contributed by atoms with Gasteiger partial charge in [0.05, 0.1) is 13.2 Å². The van der Waals surface area contributed by atoms with Crippen molar-refractivity contribution in [3.8, 4) is 0 Å². The lowest BCUT2D eigenvalue weighted by molar-refractivity contribution is 0.188. The molecule has 0 spiro atoms. The van der Waals surface area contributed by atoms with E-state index in [0.29, 0.717) is 30.2 Å². The Morgan fingerprint density at radius 2 is 1.78 bits per heavy atom. The summed E-state index contributed by atoms with van der Waals surface area (Å²) in [4.78, 5) is 36.6. The molecule has 4 aromatic rings. The van der Waals surface area contributed by atoms with Gasteiger partial charge < -0.3 is 10.0 Å². The Balaban J connectivity index is 1.65. The maximum atomic E-state index is 12.9. The van der Waals surface area contributed by atoms with Gasteiger partial charge in [-0.1, -0.05) is 42.5 Å². The van der Waals surface area contributed by atoms with Crippen molar-refractivity contribution >= 4 is 27.9 Å². The highest BCUT2D eigenvalue weighted by Gasteiger charge is 2.25. The lowest BCUT2D eigenvalue weighted by Crippen LogP contribution is -2.48. The number of aromatic amines is 1. The van der Waals surface area contributed by atoms with E-state index in [9.17, 15) is 14.7 Å². The molecule has 1 aliphatic heterocycles. The number of aryl methyl sites for hydroxylation is 1. The van der Waals surface area contributed by atoms with E-state index in [2.05, 4.69) is 39.0 Å². The first kappa shape index (κ1) is 20.5. The number of benzene rings is 2. The van der Waals surface area contributed by atoms with Crippen LogP contribution >= 0.6 is 0 Å². The molecule has 32 heavy (non-hydrogen) atoms. The molecular formula is C23H26N6O3. The van der Waals surface area contributed by atoms with Crippen molar-refractivity contribution in [3.63, 3.8) is 0 Å². The van der Waals surface area contributed by atoms with Crippen LogP contribution in [0.15, 0.2) is 52.1 Å². The minimum atomic E-state index is -0.475. The Hall–Kier alpha value is -3.43. The van der Waals surface area contributed by atoms with Gasteiger partial charge >= 0.3 is 5.69 Å². The molecule has 1 fully saturated rings. The summed E-state index contributed by atoms with van der Waals surface area (Å²) >= 11 is 0. The zero-order valence-corrected chi connectivity index (χ0v) is 18.0. The summed E-state index contributed by atoms with van der Waals surface area (Å²) in [6.45, 7) is 4.30. The monoisotopic (exact) mass is 434 g/mol. The minimum Gasteiger partial charge on any atom is -0.395 e. The molecule has 2 N–H and O–H groups in total. The molecule has 0 bridgehead atoms. The van der Waals surface area contributed by atoms with Crippen LogP contribution in [0.2, 0.25) is 0 Å². The van der Waals surface area contributed by atoms with Crippen LogP contribution in [-0.4, -0.2) is 68.4 Å². The van der Waals surface area contributed by atoms with Crippen LogP contribution in [0.3, 0.4) is 0 Å². The van der Waals surface area contributed by atoms with Crippen molar-refractivity contribution in [2.24, 2.45) is 7.05 Å². The summed E-state index contributed by atoms with van der Waals surface area (Å²) < 4.78 is 3.32. The molecule has 1 saturated heterocycles. The Morgan fingerprint density at radius 1 is 1.03 bits per heavy atom. The first-order chi connectivity index (χ1) is 15.6. The van der Waals surface area contributed by atoms with Crippen molar-refractivity contribution < 1.29 is 5.11 Å². The molecule has 5 rings (SSSR count). The highest BCUT2D eigenvalue weighted by molar-refractivity contribution is 5.86. The molecule has 3 heterocycles. The first-order valence-electron chi connectivity index (χ1n) is 10.8. The molecule has 9 heteroatoms. The molecule has 2 aromatic heterocycles. The molecular weight excluding hydrogens is 408 g/mol. The van der Waals surface area contributed by atoms with Gasteiger partial charge in [0.25, 0.3) is 5.56 Å². The van der Waals surface area contributed by atoms with Gasteiger partial charge in [0.2, 0.25) is 5.95 Å². The van der Waals surface area contributed by atoms with Crippen LogP contribution < -0.4 is 16.1 Å². The van der Waals surface area contributed by atoms with Gasteiger partial charge in [-0.05, 0) is 16.3 Å². The van der Waals surface area contributed by atoms with E-state index in [1.54, 1.807) is 7.05 Å². The predicted molar refractivity (Wildman–Crippen MR) is 124 cm³/mol. The van der Waals surface area contributed by atoms with Crippen LogP contribution in [-0.2, 0) is 13.6 Å². The number of H-pyrrole nitrogens is 1. The standard InChI is InChI=1S/C23H26N6O3/c1-26-20-19(21(31)25-23(26)32)29(15-17-7-4-6-16-5-2-3-8-18(16)17)22(24-20)28-11-9-27(10-12-28)13-14-30/h2-8,30H,9-15H2,1H3,(H,25,31,32). The third-order valence-corrected chi connectivity index (χ3v) is 6.27. The molecule has 0 unspecified atom stereocenters.